The topological polar surface area (TPSA) is 80.2 Å². The van der Waals surface area contributed by atoms with Gasteiger partial charge in [-0.2, -0.15) is 5.10 Å². The number of aryl methyl sites for hydroxylation is 1. The number of nitrogens with one attached hydrogen (secondary N) is 1. The lowest BCUT2D eigenvalue weighted by atomic mass is 10.2. The van der Waals surface area contributed by atoms with Crippen LogP contribution in [0.25, 0.3) is 0 Å². The van der Waals surface area contributed by atoms with Crippen LogP contribution in [-0.4, -0.2) is 30.9 Å². The van der Waals surface area contributed by atoms with E-state index in [9.17, 15) is 9.90 Å². The highest BCUT2D eigenvalue weighted by Gasteiger charge is 2.05. The van der Waals surface area contributed by atoms with Crippen LogP contribution in [0.5, 0.6) is 17.2 Å². The Kier molecular flexibility index (Phi) is 6.20. The number of nitrogens with zero attached hydrogens (tertiary/aromatic N) is 1. The predicted molar refractivity (Wildman–Crippen MR) is 94.8 cm³/mol. The minimum atomic E-state index is -0.376. The van der Waals surface area contributed by atoms with Gasteiger partial charge in [-0.1, -0.05) is 15.9 Å². The highest BCUT2D eigenvalue weighted by molar-refractivity contribution is 9.10. The average Bonchev–Trinajstić information content (AvgIpc) is 2.55. The zero-order chi connectivity index (χ0) is 17.5. The first-order valence-corrected chi connectivity index (χ1v) is 7.86. The summed E-state index contributed by atoms with van der Waals surface area (Å²) in [6.45, 7) is 1.76. The summed E-state index contributed by atoms with van der Waals surface area (Å²) in [6.07, 6.45) is 1.45. The van der Waals surface area contributed by atoms with E-state index >= 15 is 0 Å². The minimum Gasteiger partial charge on any atom is -0.504 e. The van der Waals surface area contributed by atoms with Crippen LogP contribution in [0.2, 0.25) is 0 Å². The fourth-order valence-electron chi connectivity index (χ4n) is 1.90. The highest BCUT2D eigenvalue weighted by Crippen LogP contribution is 2.25. The van der Waals surface area contributed by atoms with Gasteiger partial charge in [-0.05, 0) is 54.4 Å². The van der Waals surface area contributed by atoms with Crippen molar-refractivity contribution in [3.05, 3.63) is 52.0 Å². The molecular formula is C17H17BrN2O4. The number of aromatic hydroxyl groups is 1. The lowest BCUT2D eigenvalue weighted by molar-refractivity contribution is -0.123. The number of phenolic OH excluding ortho intramolecular Hbond substituents is 1. The van der Waals surface area contributed by atoms with Gasteiger partial charge in [0, 0.05) is 4.47 Å². The maximum atomic E-state index is 11.7. The van der Waals surface area contributed by atoms with Crippen molar-refractivity contribution in [3.63, 3.8) is 0 Å². The third-order valence-corrected chi connectivity index (χ3v) is 3.60. The molecular weight excluding hydrogens is 376 g/mol. The lowest BCUT2D eigenvalue weighted by Crippen LogP contribution is -2.24. The number of amides is 1. The van der Waals surface area contributed by atoms with E-state index in [0.717, 1.165) is 10.0 Å². The Morgan fingerprint density at radius 2 is 2.08 bits per heavy atom. The average molecular weight is 393 g/mol. The van der Waals surface area contributed by atoms with E-state index in [1.807, 2.05) is 19.1 Å². The van der Waals surface area contributed by atoms with E-state index in [2.05, 4.69) is 26.5 Å². The van der Waals surface area contributed by atoms with Crippen LogP contribution < -0.4 is 14.9 Å². The molecule has 6 nitrogen and oxygen atoms in total. The molecule has 0 spiro atoms. The lowest BCUT2D eigenvalue weighted by Gasteiger charge is -2.08. The summed E-state index contributed by atoms with van der Waals surface area (Å²) in [7, 11) is 1.46. The number of rotatable bonds is 6. The van der Waals surface area contributed by atoms with Crippen LogP contribution in [0.15, 0.2) is 46.0 Å². The summed E-state index contributed by atoms with van der Waals surface area (Å²) >= 11 is 3.37. The number of halogens is 1. The fraction of sp³-hybridized carbons (Fsp3) is 0.176. The fourth-order valence-corrected chi connectivity index (χ4v) is 2.38. The summed E-state index contributed by atoms with van der Waals surface area (Å²) in [4.78, 5) is 11.7. The normalized spacial score (nSPS) is 10.6. The second-order valence-corrected chi connectivity index (χ2v) is 5.84. The Morgan fingerprint density at radius 1 is 1.29 bits per heavy atom. The van der Waals surface area contributed by atoms with Gasteiger partial charge in [0.2, 0.25) is 0 Å². The molecule has 0 fully saturated rings. The number of hydrogen-bond donors (Lipinski definition) is 2. The molecule has 24 heavy (non-hydrogen) atoms. The van der Waals surface area contributed by atoms with Crippen molar-refractivity contribution in [1.29, 1.82) is 0 Å². The van der Waals surface area contributed by atoms with Crippen LogP contribution in [0.3, 0.4) is 0 Å². The van der Waals surface area contributed by atoms with E-state index in [4.69, 9.17) is 9.47 Å². The predicted octanol–water partition coefficient (Wildman–Crippen LogP) is 3.00. The zero-order valence-corrected chi connectivity index (χ0v) is 14.8. The molecule has 0 aliphatic carbocycles. The van der Waals surface area contributed by atoms with Crippen LogP contribution in [-0.2, 0) is 4.79 Å². The standard InChI is InChI=1S/C17H17BrN2O4/c1-11-7-13(18)4-6-15(11)24-10-17(22)20-19-9-12-3-5-14(21)16(8-12)23-2/h3-9,21H,10H2,1-2H3,(H,20,22). The number of benzene rings is 2. The first-order chi connectivity index (χ1) is 11.5. The van der Waals surface area contributed by atoms with Crippen LogP contribution >= 0.6 is 15.9 Å². The Hall–Kier alpha value is -2.54. The third-order valence-electron chi connectivity index (χ3n) is 3.10. The first-order valence-electron chi connectivity index (χ1n) is 7.07. The maximum absolute atomic E-state index is 11.7. The molecule has 7 heteroatoms. The van der Waals surface area contributed by atoms with Gasteiger partial charge in [0.25, 0.3) is 5.91 Å². The second kappa shape index (κ2) is 8.35. The Bertz CT molecular complexity index is 762. The molecule has 2 aromatic carbocycles. The first kappa shape index (κ1) is 17.8. The molecule has 2 rings (SSSR count). The molecule has 2 N–H and O–H groups in total. The van der Waals surface area contributed by atoms with Gasteiger partial charge in [0.05, 0.1) is 13.3 Å². The summed E-state index contributed by atoms with van der Waals surface area (Å²) in [5.41, 5.74) is 3.98. The monoisotopic (exact) mass is 392 g/mol. The molecule has 0 atom stereocenters. The molecule has 0 unspecified atom stereocenters. The number of phenols is 1. The Morgan fingerprint density at radius 3 is 2.79 bits per heavy atom. The highest BCUT2D eigenvalue weighted by atomic mass is 79.9. The number of methoxy groups -OCH3 is 1. The third kappa shape index (κ3) is 4.99. The van der Waals surface area contributed by atoms with E-state index in [1.165, 1.54) is 19.4 Å². The number of ether oxygens (including phenoxy) is 2. The summed E-state index contributed by atoms with van der Waals surface area (Å²) in [5, 5.41) is 13.4. The molecule has 0 bridgehead atoms. The van der Waals surface area contributed by atoms with Crippen LogP contribution in [0.1, 0.15) is 11.1 Å². The number of hydrogen-bond acceptors (Lipinski definition) is 5. The minimum absolute atomic E-state index is 0.0388. The van der Waals surface area contributed by atoms with E-state index < -0.39 is 0 Å². The van der Waals surface area contributed by atoms with Crippen molar-refractivity contribution in [3.8, 4) is 17.2 Å². The summed E-state index contributed by atoms with van der Waals surface area (Å²) < 4.78 is 11.4. The number of carbonyl (C=O) groups is 1. The molecule has 2 aromatic rings. The van der Waals surface area contributed by atoms with E-state index in [1.54, 1.807) is 18.2 Å². The van der Waals surface area contributed by atoms with Gasteiger partial charge in [-0.3, -0.25) is 4.79 Å². The van der Waals surface area contributed by atoms with Crippen molar-refractivity contribution in [2.75, 3.05) is 13.7 Å². The molecule has 1 amide bonds. The quantitative estimate of drug-likeness (QED) is 0.584. The van der Waals surface area contributed by atoms with Crippen molar-refractivity contribution in [1.82, 2.24) is 5.43 Å². The van der Waals surface area contributed by atoms with Crippen molar-refractivity contribution >= 4 is 28.1 Å². The van der Waals surface area contributed by atoms with Gasteiger partial charge in [-0.15, -0.1) is 0 Å². The molecule has 0 saturated carbocycles. The molecule has 0 radical (unpaired) electrons. The van der Waals surface area contributed by atoms with E-state index in [-0.39, 0.29) is 18.3 Å². The molecule has 0 saturated heterocycles. The second-order valence-electron chi connectivity index (χ2n) is 4.92. The van der Waals surface area contributed by atoms with Crippen LogP contribution in [0, 0.1) is 6.92 Å². The van der Waals surface area contributed by atoms with Gasteiger partial charge in [0.1, 0.15) is 5.75 Å². The summed E-state index contributed by atoms with van der Waals surface area (Å²) in [5.74, 6) is 0.635. The Labute approximate surface area is 148 Å². The molecule has 0 aliphatic heterocycles. The smallest absolute Gasteiger partial charge is 0.277 e. The van der Waals surface area contributed by atoms with Crippen molar-refractivity contribution in [2.45, 2.75) is 6.92 Å². The largest absolute Gasteiger partial charge is 0.504 e. The van der Waals surface area contributed by atoms with Crippen LogP contribution in [0.4, 0.5) is 0 Å². The molecule has 0 heterocycles. The van der Waals surface area contributed by atoms with Gasteiger partial charge in [-0.25, -0.2) is 5.43 Å². The van der Waals surface area contributed by atoms with Gasteiger partial charge < -0.3 is 14.6 Å². The Balaban J connectivity index is 1.86. The number of carbonyl (C=O) groups excluding carboxylic acids is 1. The maximum Gasteiger partial charge on any atom is 0.277 e. The van der Waals surface area contributed by atoms with Crippen molar-refractivity contribution < 1.29 is 19.4 Å². The zero-order valence-electron chi connectivity index (χ0n) is 13.2. The van der Waals surface area contributed by atoms with Crippen molar-refractivity contribution in [2.24, 2.45) is 5.10 Å². The summed E-state index contributed by atoms with van der Waals surface area (Å²) in [6, 6.07) is 10.3. The van der Waals surface area contributed by atoms with E-state index in [0.29, 0.717) is 17.1 Å². The number of hydrazone groups is 1. The SMILES string of the molecule is COc1cc(C=NNC(=O)COc2ccc(Br)cc2C)ccc1O. The molecule has 126 valence electrons. The molecule has 0 aromatic heterocycles. The van der Waals surface area contributed by atoms with Gasteiger partial charge >= 0.3 is 0 Å². The van der Waals surface area contributed by atoms with Gasteiger partial charge in [0.15, 0.2) is 18.1 Å². The molecule has 0 aliphatic rings.